The Morgan fingerprint density at radius 1 is 1.08 bits per heavy atom. The monoisotopic (exact) mass is 341 g/mol. The maximum absolute atomic E-state index is 13.1. The van der Waals surface area contributed by atoms with Crippen LogP contribution in [0.1, 0.15) is 36.8 Å². The van der Waals surface area contributed by atoms with Crippen molar-refractivity contribution < 1.29 is 9.59 Å². The normalized spacial score (nSPS) is 26.3. The van der Waals surface area contributed by atoms with Gasteiger partial charge in [-0.05, 0) is 38.2 Å². The number of hydrogen-bond acceptors (Lipinski definition) is 2. The number of nitrogens with zero attached hydrogens (tertiary/aromatic N) is 3. The predicted octanol–water partition coefficient (Wildman–Crippen LogP) is 2.64. The molecule has 0 radical (unpaired) electrons. The number of carbonyl (C=O) groups is 2. The second-order valence-corrected chi connectivity index (χ2v) is 7.89. The summed E-state index contributed by atoms with van der Waals surface area (Å²) < 4.78 is 0. The average molecular weight is 341 g/mol. The molecule has 25 heavy (non-hydrogen) atoms. The van der Waals surface area contributed by atoms with Gasteiger partial charge in [-0.1, -0.05) is 29.8 Å². The Morgan fingerprint density at radius 3 is 2.60 bits per heavy atom. The van der Waals surface area contributed by atoms with Gasteiger partial charge in [0.15, 0.2) is 0 Å². The van der Waals surface area contributed by atoms with E-state index in [1.54, 1.807) is 0 Å². The summed E-state index contributed by atoms with van der Waals surface area (Å²) in [6, 6.07) is 8.50. The van der Waals surface area contributed by atoms with Gasteiger partial charge in [0.05, 0.1) is 5.41 Å². The first-order chi connectivity index (χ1) is 12.1. The van der Waals surface area contributed by atoms with Crippen molar-refractivity contribution in [1.82, 2.24) is 14.7 Å². The van der Waals surface area contributed by atoms with Crippen LogP contribution in [0.25, 0.3) is 0 Å². The standard InChI is InChI=1S/C20H27N3O2/c1-16-5-4-6-17(13-16)14-22-11-7-20(18(22)24)8-12-23(15-20)19(25)21-9-2-3-10-21/h4-6,13H,2-3,7-12,14-15H2,1H3. The van der Waals surface area contributed by atoms with E-state index in [0.29, 0.717) is 13.1 Å². The van der Waals surface area contributed by atoms with Crippen molar-refractivity contribution in [1.29, 1.82) is 0 Å². The van der Waals surface area contributed by atoms with Crippen molar-refractivity contribution in [2.45, 2.75) is 39.2 Å². The van der Waals surface area contributed by atoms with Gasteiger partial charge in [0.1, 0.15) is 0 Å². The molecule has 1 atom stereocenters. The molecule has 4 rings (SSSR count). The zero-order chi connectivity index (χ0) is 17.4. The number of rotatable bonds is 2. The topological polar surface area (TPSA) is 43.9 Å². The van der Waals surface area contributed by atoms with Crippen molar-refractivity contribution in [3.63, 3.8) is 0 Å². The lowest BCUT2D eigenvalue weighted by molar-refractivity contribution is -0.135. The highest BCUT2D eigenvalue weighted by Gasteiger charge is 2.52. The molecule has 1 unspecified atom stereocenters. The van der Waals surface area contributed by atoms with E-state index in [9.17, 15) is 9.59 Å². The summed E-state index contributed by atoms with van der Waals surface area (Å²) in [7, 11) is 0. The maximum atomic E-state index is 13.1. The van der Waals surface area contributed by atoms with Crippen molar-refractivity contribution in [2.24, 2.45) is 5.41 Å². The number of benzene rings is 1. The molecular weight excluding hydrogens is 314 g/mol. The van der Waals surface area contributed by atoms with Gasteiger partial charge in [0.2, 0.25) is 5.91 Å². The molecular formula is C20H27N3O2. The highest BCUT2D eigenvalue weighted by Crippen LogP contribution is 2.41. The molecule has 3 fully saturated rings. The van der Waals surface area contributed by atoms with Crippen molar-refractivity contribution in [3.8, 4) is 0 Å². The fourth-order valence-corrected chi connectivity index (χ4v) is 4.60. The van der Waals surface area contributed by atoms with Gasteiger partial charge in [0, 0.05) is 39.3 Å². The van der Waals surface area contributed by atoms with Gasteiger partial charge in [-0.3, -0.25) is 4.79 Å². The van der Waals surface area contributed by atoms with E-state index in [2.05, 4.69) is 25.1 Å². The van der Waals surface area contributed by atoms with Crippen LogP contribution in [0.15, 0.2) is 24.3 Å². The fourth-order valence-electron chi connectivity index (χ4n) is 4.60. The van der Waals surface area contributed by atoms with E-state index in [-0.39, 0.29) is 17.4 Å². The molecule has 0 saturated carbocycles. The molecule has 0 aromatic heterocycles. The third-order valence-electron chi connectivity index (χ3n) is 6.06. The van der Waals surface area contributed by atoms with E-state index in [0.717, 1.165) is 51.9 Å². The van der Waals surface area contributed by atoms with E-state index in [4.69, 9.17) is 0 Å². The second kappa shape index (κ2) is 6.36. The smallest absolute Gasteiger partial charge is 0.320 e. The number of amides is 3. The zero-order valence-corrected chi connectivity index (χ0v) is 15.0. The Balaban J connectivity index is 1.42. The molecule has 1 spiro atoms. The van der Waals surface area contributed by atoms with Crippen LogP contribution in [0.4, 0.5) is 4.79 Å². The van der Waals surface area contributed by atoms with E-state index in [1.165, 1.54) is 11.1 Å². The molecule has 0 aliphatic carbocycles. The number of urea groups is 1. The number of hydrogen-bond donors (Lipinski definition) is 0. The molecule has 3 heterocycles. The Kier molecular flexibility index (Phi) is 4.18. The summed E-state index contributed by atoms with van der Waals surface area (Å²) >= 11 is 0. The minimum atomic E-state index is -0.334. The zero-order valence-electron chi connectivity index (χ0n) is 15.0. The van der Waals surface area contributed by atoms with Crippen molar-refractivity contribution >= 4 is 11.9 Å². The molecule has 1 aromatic rings. The molecule has 3 aliphatic heterocycles. The molecule has 5 heteroatoms. The molecule has 3 saturated heterocycles. The number of aryl methyl sites for hydroxylation is 1. The van der Waals surface area contributed by atoms with E-state index < -0.39 is 0 Å². The van der Waals surface area contributed by atoms with Gasteiger partial charge in [-0.15, -0.1) is 0 Å². The molecule has 5 nitrogen and oxygen atoms in total. The average Bonchev–Trinajstić information content (AvgIpc) is 3.33. The molecule has 134 valence electrons. The van der Waals surface area contributed by atoms with Crippen molar-refractivity contribution in [3.05, 3.63) is 35.4 Å². The first kappa shape index (κ1) is 16.4. The summed E-state index contributed by atoms with van der Waals surface area (Å²) in [5.41, 5.74) is 2.08. The van der Waals surface area contributed by atoms with Crippen LogP contribution in [0.5, 0.6) is 0 Å². The van der Waals surface area contributed by atoms with Crippen LogP contribution in [0.3, 0.4) is 0 Å². The van der Waals surface area contributed by atoms with Crippen LogP contribution in [0, 0.1) is 12.3 Å². The van der Waals surface area contributed by atoms with Crippen LogP contribution in [-0.2, 0) is 11.3 Å². The van der Waals surface area contributed by atoms with Gasteiger partial charge in [0.25, 0.3) is 0 Å². The summed E-state index contributed by atoms with van der Waals surface area (Å²) in [5.74, 6) is 0.241. The van der Waals surface area contributed by atoms with Crippen LogP contribution in [-0.4, -0.2) is 59.4 Å². The Hall–Kier alpha value is -2.04. The summed E-state index contributed by atoms with van der Waals surface area (Å²) in [6.45, 7) is 6.63. The van der Waals surface area contributed by atoms with Gasteiger partial charge in [-0.25, -0.2) is 4.79 Å². The molecule has 3 amide bonds. The lowest BCUT2D eigenvalue weighted by Gasteiger charge is -2.26. The lowest BCUT2D eigenvalue weighted by Crippen LogP contribution is -2.43. The largest absolute Gasteiger partial charge is 0.338 e. The van der Waals surface area contributed by atoms with Crippen LogP contribution < -0.4 is 0 Å². The minimum absolute atomic E-state index is 0.138. The Labute approximate surface area is 149 Å². The second-order valence-electron chi connectivity index (χ2n) is 7.89. The number of carbonyl (C=O) groups excluding carboxylic acids is 2. The third kappa shape index (κ3) is 3.00. The Morgan fingerprint density at radius 2 is 1.84 bits per heavy atom. The third-order valence-corrected chi connectivity index (χ3v) is 6.06. The van der Waals surface area contributed by atoms with Gasteiger partial charge < -0.3 is 14.7 Å². The molecule has 1 aromatic carbocycles. The predicted molar refractivity (Wildman–Crippen MR) is 96.0 cm³/mol. The summed E-state index contributed by atoms with van der Waals surface area (Å²) in [6.07, 6.45) is 3.90. The minimum Gasteiger partial charge on any atom is -0.338 e. The Bertz CT molecular complexity index is 683. The molecule has 3 aliphatic rings. The van der Waals surface area contributed by atoms with Crippen molar-refractivity contribution in [2.75, 3.05) is 32.7 Å². The van der Waals surface area contributed by atoms with E-state index >= 15 is 0 Å². The van der Waals surface area contributed by atoms with Gasteiger partial charge >= 0.3 is 6.03 Å². The maximum Gasteiger partial charge on any atom is 0.320 e. The van der Waals surface area contributed by atoms with Gasteiger partial charge in [-0.2, -0.15) is 0 Å². The quantitative estimate of drug-likeness (QED) is 0.830. The summed E-state index contributed by atoms with van der Waals surface area (Å²) in [4.78, 5) is 31.6. The van der Waals surface area contributed by atoms with Crippen LogP contribution >= 0.6 is 0 Å². The highest BCUT2D eigenvalue weighted by molar-refractivity contribution is 5.87. The summed E-state index contributed by atoms with van der Waals surface area (Å²) in [5, 5.41) is 0. The van der Waals surface area contributed by atoms with E-state index in [1.807, 2.05) is 20.8 Å². The van der Waals surface area contributed by atoms with Crippen LogP contribution in [0.2, 0.25) is 0 Å². The fraction of sp³-hybridized carbons (Fsp3) is 0.600. The number of likely N-dealkylation sites (tertiary alicyclic amines) is 3. The molecule has 0 bridgehead atoms. The first-order valence-corrected chi connectivity index (χ1v) is 9.46. The first-order valence-electron chi connectivity index (χ1n) is 9.46. The SMILES string of the molecule is Cc1cccc(CN2CCC3(CCN(C(=O)N4CCCC4)C3)C2=O)c1. The lowest BCUT2D eigenvalue weighted by atomic mass is 9.85. The highest BCUT2D eigenvalue weighted by atomic mass is 16.2. The molecule has 0 N–H and O–H groups in total.